The Bertz CT molecular complexity index is 178. The van der Waals surface area contributed by atoms with Crippen LogP contribution in [0.3, 0.4) is 0 Å². The maximum Gasteiger partial charge on any atom is 0.325 e. The van der Waals surface area contributed by atoms with Crippen molar-refractivity contribution < 1.29 is 9.63 Å². The molecule has 76 valence electrons. The van der Waals surface area contributed by atoms with Crippen LogP contribution in [-0.4, -0.2) is 24.1 Å². The molecule has 0 aromatic heterocycles. The summed E-state index contributed by atoms with van der Waals surface area (Å²) in [7, 11) is 0. The van der Waals surface area contributed by atoms with Gasteiger partial charge in [0.15, 0.2) is 0 Å². The van der Waals surface area contributed by atoms with E-state index in [1.165, 1.54) is 0 Å². The second kappa shape index (κ2) is 4.09. The normalized spacial score (nSPS) is 19.0. The van der Waals surface area contributed by atoms with Gasteiger partial charge in [-0.1, -0.05) is 20.8 Å². The molecule has 0 aliphatic carbocycles. The molecule has 0 atom stereocenters. The van der Waals surface area contributed by atoms with Gasteiger partial charge in [-0.3, -0.25) is 4.79 Å². The van der Waals surface area contributed by atoms with E-state index in [0.29, 0.717) is 6.42 Å². The molecule has 0 saturated carbocycles. The van der Waals surface area contributed by atoms with Crippen molar-refractivity contribution in [2.75, 3.05) is 13.1 Å². The lowest BCUT2D eigenvalue weighted by atomic mass is 9.93. The minimum absolute atomic E-state index is 0.0246. The summed E-state index contributed by atoms with van der Waals surface area (Å²) in [4.78, 5) is 16.5. The molecule has 1 aliphatic heterocycles. The lowest BCUT2D eigenvalue weighted by Gasteiger charge is -2.19. The Morgan fingerprint density at radius 1 is 1.31 bits per heavy atom. The van der Waals surface area contributed by atoms with Crippen LogP contribution in [0.5, 0.6) is 0 Å². The van der Waals surface area contributed by atoms with Crippen LogP contribution in [0.15, 0.2) is 0 Å². The van der Waals surface area contributed by atoms with Crippen molar-refractivity contribution in [3.8, 4) is 0 Å². The van der Waals surface area contributed by atoms with Gasteiger partial charge in [-0.05, 0) is 18.3 Å². The van der Waals surface area contributed by atoms with Gasteiger partial charge in [-0.15, -0.1) is 5.06 Å². The minimum Gasteiger partial charge on any atom is -0.368 e. The molecule has 1 aliphatic rings. The van der Waals surface area contributed by atoms with Crippen molar-refractivity contribution in [2.45, 2.75) is 40.0 Å². The van der Waals surface area contributed by atoms with Crippen molar-refractivity contribution in [1.29, 1.82) is 0 Å². The third-order valence-corrected chi connectivity index (χ3v) is 1.97. The van der Waals surface area contributed by atoms with E-state index in [0.717, 1.165) is 25.9 Å². The number of hydrogen-bond donors (Lipinski definition) is 0. The van der Waals surface area contributed by atoms with E-state index in [4.69, 9.17) is 4.84 Å². The number of hydrogen-bond acceptors (Lipinski definition) is 3. The highest BCUT2D eigenvalue weighted by molar-refractivity contribution is 5.69. The van der Waals surface area contributed by atoms with E-state index in [1.807, 2.05) is 20.8 Å². The van der Waals surface area contributed by atoms with Crippen molar-refractivity contribution in [3.05, 3.63) is 0 Å². The molecule has 1 fully saturated rings. The van der Waals surface area contributed by atoms with Gasteiger partial charge in [-0.25, -0.2) is 0 Å². The molecule has 1 rings (SSSR count). The minimum atomic E-state index is -0.102. The van der Waals surface area contributed by atoms with Crippen LogP contribution in [0.2, 0.25) is 0 Å². The maximum absolute atomic E-state index is 11.4. The van der Waals surface area contributed by atoms with Crippen LogP contribution >= 0.6 is 0 Å². The number of carbonyl (C=O) groups excluding carboxylic acids is 1. The van der Waals surface area contributed by atoms with Crippen molar-refractivity contribution in [3.63, 3.8) is 0 Å². The van der Waals surface area contributed by atoms with Crippen LogP contribution in [0, 0.1) is 5.41 Å². The van der Waals surface area contributed by atoms with Gasteiger partial charge >= 0.3 is 5.97 Å². The first kappa shape index (κ1) is 10.5. The first-order valence-electron chi connectivity index (χ1n) is 4.93. The summed E-state index contributed by atoms with van der Waals surface area (Å²) in [5.74, 6) is -0.102. The average molecular weight is 185 g/mol. The molecule has 0 unspecified atom stereocenters. The zero-order valence-electron chi connectivity index (χ0n) is 8.80. The molecule has 0 bridgehead atoms. The fourth-order valence-electron chi connectivity index (χ4n) is 1.39. The zero-order valence-corrected chi connectivity index (χ0v) is 8.80. The highest BCUT2D eigenvalue weighted by atomic mass is 16.7. The first-order valence-corrected chi connectivity index (χ1v) is 4.93. The third-order valence-electron chi connectivity index (χ3n) is 1.97. The smallest absolute Gasteiger partial charge is 0.325 e. The van der Waals surface area contributed by atoms with E-state index in [-0.39, 0.29) is 11.4 Å². The lowest BCUT2D eigenvalue weighted by Crippen LogP contribution is -2.26. The summed E-state index contributed by atoms with van der Waals surface area (Å²) in [6.07, 6.45) is 2.77. The largest absolute Gasteiger partial charge is 0.368 e. The van der Waals surface area contributed by atoms with E-state index in [2.05, 4.69) is 0 Å². The summed E-state index contributed by atoms with van der Waals surface area (Å²) in [6.45, 7) is 7.92. The quantitative estimate of drug-likeness (QED) is 0.658. The van der Waals surface area contributed by atoms with Gasteiger partial charge in [0.1, 0.15) is 0 Å². The molecule has 0 aromatic carbocycles. The Labute approximate surface area is 80.0 Å². The number of nitrogens with zero attached hydrogens (tertiary/aromatic N) is 1. The van der Waals surface area contributed by atoms with Crippen LogP contribution in [0.25, 0.3) is 0 Å². The zero-order chi connectivity index (χ0) is 9.90. The Kier molecular flexibility index (Phi) is 3.31. The average Bonchev–Trinajstić information content (AvgIpc) is 2.34. The van der Waals surface area contributed by atoms with Crippen molar-refractivity contribution in [1.82, 2.24) is 5.06 Å². The van der Waals surface area contributed by atoms with Gasteiger partial charge in [0.05, 0.1) is 6.42 Å². The third kappa shape index (κ3) is 4.27. The molecular formula is C10H19NO2. The summed E-state index contributed by atoms with van der Waals surface area (Å²) >= 11 is 0. The molecule has 1 heterocycles. The molecule has 0 amide bonds. The van der Waals surface area contributed by atoms with Crippen LogP contribution in [0.1, 0.15) is 40.0 Å². The van der Waals surface area contributed by atoms with E-state index in [9.17, 15) is 4.79 Å². The second-order valence-corrected chi connectivity index (χ2v) is 4.84. The number of hydroxylamine groups is 2. The first-order chi connectivity index (χ1) is 5.97. The van der Waals surface area contributed by atoms with Gasteiger partial charge in [-0.2, -0.15) is 0 Å². The summed E-state index contributed by atoms with van der Waals surface area (Å²) in [6, 6.07) is 0. The van der Waals surface area contributed by atoms with Crippen molar-refractivity contribution in [2.24, 2.45) is 5.41 Å². The molecule has 0 radical (unpaired) electrons. The SMILES string of the molecule is CC(C)(C)CC(=O)ON1CCCC1. The molecular weight excluding hydrogens is 166 g/mol. The molecule has 0 spiro atoms. The van der Waals surface area contributed by atoms with Crippen LogP contribution < -0.4 is 0 Å². The highest BCUT2D eigenvalue weighted by Crippen LogP contribution is 2.20. The van der Waals surface area contributed by atoms with Crippen LogP contribution in [-0.2, 0) is 9.63 Å². The Morgan fingerprint density at radius 3 is 2.31 bits per heavy atom. The highest BCUT2D eigenvalue weighted by Gasteiger charge is 2.21. The summed E-state index contributed by atoms with van der Waals surface area (Å²) in [5, 5.41) is 1.77. The molecule has 13 heavy (non-hydrogen) atoms. The van der Waals surface area contributed by atoms with Gasteiger partial charge in [0, 0.05) is 13.1 Å². The fourth-order valence-corrected chi connectivity index (χ4v) is 1.39. The Morgan fingerprint density at radius 2 is 1.85 bits per heavy atom. The molecule has 0 aromatic rings. The van der Waals surface area contributed by atoms with E-state index < -0.39 is 0 Å². The standard InChI is InChI=1S/C10H19NO2/c1-10(2,3)8-9(12)13-11-6-4-5-7-11/h4-8H2,1-3H3. The van der Waals surface area contributed by atoms with Gasteiger partial charge in [0.25, 0.3) is 0 Å². The van der Waals surface area contributed by atoms with E-state index >= 15 is 0 Å². The molecule has 1 saturated heterocycles. The molecule has 0 N–H and O–H groups in total. The maximum atomic E-state index is 11.4. The van der Waals surface area contributed by atoms with Crippen molar-refractivity contribution >= 4 is 5.97 Å². The summed E-state index contributed by atoms with van der Waals surface area (Å²) in [5.41, 5.74) is 0.0246. The monoisotopic (exact) mass is 185 g/mol. The number of rotatable bonds is 2. The Hall–Kier alpha value is -0.570. The fraction of sp³-hybridized carbons (Fsp3) is 0.900. The number of carbonyl (C=O) groups is 1. The lowest BCUT2D eigenvalue weighted by molar-refractivity contribution is -0.187. The van der Waals surface area contributed by atoms with Gasteiger partial charge in [0.2, 0.25) is 0 Å². The topological polar surface area (TPSA) is 29.5 Å². The molecule has 3 nitrogen and oxygen atoms in total. The predicted molar refractivity (Wildman–Crippen MR) is 51.0 cm³/mol. The predicted octanol–water partition coefficient (Wildman–Crippen LogP) is 1.98. The van der Waals surface area contributed by atoms with Crippen LogP contribution in [0.4, 0.5) is 0 Å². The molecule has 3 heteroatoms. The second-order valence-electron chi connectivity index (χ2n) is 4.84. The Balaban J connectivity index is 2.24. The van der Waals surface area contributed by atoms with E-state index in [1.54, 1.807) is 5.06 Å². The van der Waals surface area contributed by atoms with Gasteiger partial charge < -0.3 is 4.84 Å². The summed E-state index contributed by atoms with van der Waals surface area (Å²) < 4.78 is 0.